The van der Waals surface area contributed by atoms with Gasteiger partial charge in [-0.05, 0) is 12.1 Å². The molecule has 0 radical (unpaired) electrons. The summed E-state index contributed by atoms with van der Waals surface area (Å²) in [6.45, 7) is 1.77. The number of hydrogen-bond donors (Lipinski definition) is 0. The molecule has 0 saturated carbocycles. The van der Waals surface area contributed by atoms with Gasteiger partial charge in [0.1, 0.15) is 11.5 Å². The maximum absolute atomic E-state index is 11.3. The molecule has 2 aromatic carbocycles. The molecule has 3 nitrogen and oxygen atoms in total. The topological polar surface area (TPSA) is 35.5 Å². The minimum Gasteiger partial charge on any atom is -0.496 e. The molecule has 0 spiro atoms. The van der Waals surface area contributed by atoms with E-state index < -0.39 is 0 Å². The number of esters is 1. The maximum atomic E-state index is 11.3. The van der Waals surface area contributed by atoms with Gasteiger partial charge in [-0.1, -0.05) is 31.2 Å². The minimum absolute atomic E-state index is 0.236. The lowest BCUT2D eigenvalue weighted by Crippen LogP contribution is -2.05. The van der Waals surface area contributed by atoms with Crippen LogP contribution in [-0.2, 0) is 4.79 Å². The smallest absolute Gasteiger partial charge is 0.310 e. The zero-order valence-electron chi connectivity index (χ0n) is 9.90. The molecule has 0 fully saturated rings. The summed E-state index contributed by atoms with van der Waals surface area (Å²) in [5, 5.41) is 1.82. The molecular weight excluding hydrogens is 216 g/mol. The van der Waals surface area contributed by atoms with E-state index in [1.54, 1.807) is 20.1 Å². The average Bonchev–Trinajstić information content (AvgIpc) is 2.38. The van der Waals surface area contributed by atoms with E-state index >= 15 is 0 Å². The normalized spacial score (nSPS) is 10.2. The first-order valence-electron chi connectivity index (χ1n) is 5.52. The van der Waals surface area contributed by atoms with Crippen molar-refractivity contribution < 1.29 is 14.3 Å². The van der Waals surface area contributed by atoms with E-state index in [1.165, 1.54) is 0 Å². The van der Waals surface area contributed by atoms with Gasteiger partial charge in [-0.25, -0.2) is 0 Å². The molecule has 0 N–H and O–H groups in total. The van der Waals surface area contributed by atoms with Crippen molar-refractivity contribution >= 4 is 16.7 Å². The van der Waals surface area contributed by atoms with Gasteiger partial charge in [0.25, 0.3) is 0 Å². The predicted octanol–water partition coefficient (Wildman–Crippen LogP) is 3.16. The van der Waals surface area contributed by atoms with Crippen LogP contribution in [0.5, 0.6) is 11.5 Å². The van der Waals surface area contributed by atoms with E-state index in [0.29, 0.717) is 12.2 Å². The molecule has 2 aromatic rings. The largest absolute Gasteiger partial charge is 0.496 e. The van der Waals surface area contributed by atoms with Crippen LogP contribution in [0.2, 0.25) is 0 Å². The molecule has 88 valence electrons. The standard InChI is InChI=1S/C14H14O3/c1-3-14(15)17-13-9-5-6-10-11(13)7-4-8-12(10)16-2/h4-9H,3H2,1-2H3. The Morgan fingerprint density at radius 1 is 1.06 bits per heavy atom. The van der Waals surface area contributed by atoms with Crippen molar-refractivity contribution in [1.82, 2.24) is 0 Å². The summed E-state index contributed by atoms with van der Waals surface area (Å²) in [7, 11) is 1.62. The first-order valence-corrected chi connectivity index (χ1v) is 5.52. The molecule has 0 aliphatic carbocycles. The predicted molar refractivity (Wildman–Crippen MR) is 66.4 cm³/mol. The summed E-state index contributed by atoms with van der Waals surface area (Å²) in [6, 6.07) is 11.3. The molecule has 3 heteroatoms. The zero-order chi connectivity index (χ0) is 12.3. The van der Waals surface area contributed by atoms with E-state index in [4.69, 9.17) is 9.47 Å². The van der Waals surface area contributed by atoms with Crippen LogP contribution < -0.4 is 9.47 Å². The third-order valence-corrected chi connectivity index (χ3v) is 2.57. The first kappa shape index (κ1) is 11.5. The summed E-state index contributed by atoms with van der Waals surface area (Å²) in [4.78, 5) is 11.3. The third kappa shape index (κ3) is 2.23. The number of hydrogen-bond acceptors (Lipinski definition) is 3. The van der Waals surface area contributed by atoms with E-state index in [9.17, 15) is 4.79 Å². The molecule has 0 aliphatic rings. The Bertz CT molecular complexity index is 546. The highest BCUT2D eigenvalue weighted by molar-refractivity contribution is 5.94. The van der Waals surface area contributed by atoms with Gasteiger partial charge in [0, 0.05) is 17.2 Å². The molecule has 0 atom stereocenters. The second-order valence-electron chi connectivity index (χ2n) is 3.64. The molecular formula is C14H14O3. The van der Waals surface area contributed by atoms with Crippen molar-refractivity contribution in [3.63, 3.8) is 0 Å². The van der Waals surface area contributed by atoms with Crippen molar-refractivity contribution in [3.05, 3.63) is 36.4 Å². The fourth-order valence-electron chi connectivity index (χ4n) is 1.71. The molecule has 0 heterocycles. The molecule has 2 rings (SSSR count). The Balaban J connectivity index is 2.54. The van der Waals surface area contributed by atoms with Crippen LogP contribution in [0.3, 0.4) is 0 Å². The number of fused-ring (bicyclic) bond motifs is 1. The number of benzene rings is 2. The Labute approximate surface area is 100.0 Å². The van der Waals surface area contributed by atoms with Crippen LogP contribution in [0.1, 0.15) is 13.3 Å². The number of carbonyl (C=O) groups is 1. The second kappa shape index (κ2) is 4.87. The van der Waals surface area contributed by atoms with E-state index in [0.717, 1.165) is 16.5 Å². The summed E-state index contributed by atoms with van der Waals surface area (Å²) in [5.41, 5.74) is 0. The van der Waals surface area contributed by atoms with Gasteiger partial charge in [-0.15, -0.1) is 0 Å². The van der Waals surface area contributed by atoms with Crippen LogP contribution in [0.15, 0.2) is 36.4 Å². The number of carbonyl (C=O) groups excluding carboxylic acids is 1. The number of ether oxygens (including phenoxy) is 2. The highest BCUT2D eigenvalue weighted by atomic mass is 16.5. The lowest BCUT2D eigenvalue weighted by Gasteiger charge is -2.09. The second-order valence-corrected chi connectivity index (χ2v) is 3.64. The number of rotatable bonds is 3. The van der Waals surface area contributed by atoms with Crippen LogP contribution in [-0.4, -0.2) is 13.1 Å². The van der Waals surface area contributed by atoms with Gasteiger partial charge >= 0.3 is 5.97 Å². The highest BCUT2D eigenvalue weighted by Crippen LogP contribution is 2.31. The van der Waals surface area contributed by atoms with Crippen molar-refractivity contribution in [1.29, 1.82) is 0 Å². The van der Waals surface area contributed by atoms with Gasteiger partial charge in [-0.3, -0.25) is 4.79 Å². The number of methoxy groups -OCH3 is 1. The molecule has 0 aromatic heterocycles. The lowest BCUT2D eigenvalue weighted by atomic mass is 10.1. The fourth-order valence-corrected chi connectivity index (χ4v) is 1.71. The molecule has 0 unspecified atom stereocenters. The van der Waals surface area contributed by atoms with E-state index in [2.05, 4.69) is 0 Å². The van der Waals surface area contributed by atoms with Gasteiger partial charge in [0.05, 0.1) is 7.11 Å². The van der Waals surface area contributed by atoms with Gasteiger partial charge in [0.15, 0.2) is 0 Å². The van der Waals surface area contributed by atoms with Crippen LogP contribution in [0.25, 0.3) is 10.8 Å². The van der Waals surface area contributed by atoms with Crippen LogP contribution >= 0.6 is 0 Å². The molecule has 0 aliphatic heterocycles. The third-order valence-electron chi connectivity index (χ3n) is 2.57. The van der Waals surface area contributed by atoms with Gasteiger partial charge in [-0.2, -0.15) is 0 Å². The molecule has 0 bridgehead atoms. The average molecular weight is 230 g/mol. The van der Waals surface area contributed by atoms with Crippen molar-refractivity contribution in [2.75, 3.05) is 7.11 Å². The summed E-state index contributed by atoms with van der Waals surface area (Å²) < 4.78 is 10.6. The monoisotopic (exact) mass is 230 g/mol. The van der Waals surface area contributed by atoms with Crippen LogP contribution in [0, 0.1) is 0 Å². The minimum atomic E-state index is -0.236. The Morgan fingerprint density at radius 2 is 1.65 bits per heavy atom. The quantitative estimate of drug-likeness (QED) is 0.600. The summed E-state index contributed by atoms with van der Waals surface area (Å²) >= 11 is 0. The maximum Gasteiger partial charge on any atom is 0.310 e. The Kier molecular flexibility index (Phi) is 3.28. The summed E-state index contributed by atoms with van der Waals surface area (Å²) in [5.74, 6) is 1.12. The van der Waals surface area contributed by atoms with E-state index in [1.807, 2.05) is 30.3 Å². The molecule has 17 heavy (non-hydrogen) atoms. The van der Waals surface area contributed by atoms with E-state index in [-0.39, 0.29) is 5.97 Å². The SMILES string of the molecule is CCC(=O)Oc1cccc2c(OC)cccc12. The molecule has 0 amide bonds. The highest BCUT2D eigenvalue weighted by Gasteiger charge is 2.08. The van der Waals surface area contributed by atoms with Crippen molar-refractivity contribution in [2.24, 2.45) is 0 Å². The Hall–Kier alpha value is -2.03. The fraction of sp³-hybridized carbons (Fsp3) is 0.214. The van der Waals surface area contributed by atoms with Crippen molar-refractivity contribution in [2.45, 2.75) is 13.3 Å². The lowest BCUT2D eigenvalue weighted by molar-refractivity contribution is -0.133. The Morgan fingerprint density at radius 3 is 2.24 bits per heavy atom. The zero-order valence-corrected chi connectivity index (χ0v) is 9.90. The first-order chi connectivity index (χ1) is 8.26. The van der Waals surface area contributed by atoms with Crippen LogP contribution in [0.4, 0.5) is 0 Å². The summed E-state index contributed by atoms with van der Waals surface area (Å²) in [6.07, 6.45) is 0.361. The molecule has 0 saturated heterocycles. The van der Waals surface area contributed by atoms with Crippen molar-refractivity contribution in [3.8, 4) is 11.5 Å². The van der Waals surface area contributed by atoms with Gasteiger partial charge < -0.3 is 9.47 Å². The van der Waals surface area contributed by atoms with Gasteiger partial charge in [0.2, 0.25) is 0 Å².